The van der Waals surface area contributed by atoms with Gasteiger partial charge in [0, 0.05) is 12.4 Å². The molecule has 0 unspecified atom stereocenters. The van der Waals surface area contributed by atoms with Crippen LogP contribution >= 0.6 is 0 Å². The van der Waals surface area contributed by atoms with E-state index >= 15 is 0 Å². The van der Waals surface area contributed by atoms with Gasteiger partial charge in [0.05, 0.1) is 12.1 Å². The fraction of sp³-hybridized carbons (Fsp3) is 0.150. The summed E-state index contributed by atoms with van der Waals surface area (Å²) in [6.07, 6.45) is 4.14. The van der Waals surface area contributed by atoms with Crippen LogP contribution in [0.4, 0.5) is 4.79 Å². The maximum atomic E-state index is 12.0. The summed E-state index contributed by atoms with van der Waals surface area (Å²) in [6.45, 7) is 3.16. The number of H-pyrrole nitrogens is 1. The van der Waals surface area contributed by atoms with Crippen LogP contribution in [0.1, 0.15) is 0 Å². The Balaban J connectivity index is 1.70. The molecular weight excluding hydrogens is 346 g/mol. The third-order valence-corrected chi connectivity index (χ3v) is 3.75. The van der Waals surface area contributed by atoms with Crippen molar-refractivity contribution in [1.82, 2.24) is 15.3 Å². The van der Waals surface area contributed by atoms with Crippen molar-refractivity contribution in [3.05, 3.63) is 61.4 Å². The number of fused-ring (bicyclic) bond motifs is 1. The molecule has 1 amide bonds. The van der Waals surface area contributed by atoms with Gasteiger partial charge in [-0.2, -0.15) is 0 Å². The lowest BCUT2D eigenvalue weighted by Gasteiger charge is -2.12. The monoisotopic (exact) mass is 365 g/mol. The van der Waals surface area contributed by atoms with Crippen molar-refractivity contribution in [1.29, 1.82) is 0 Å². The normalized spacial score (nSPS) is 10.4. The Labute approximate surface area is 156 Å². The Kier molecular flexibility index (Phi) is 5.84. The summed E-state index contributed by atoms with van der Waals surface area (Å²) in [5.74, 6) is 0.893. The summed E-state index contributed by atoms with van der Waals surface area (Å²) in [5, 5.41) is 4.39. The van der Waals surface area contributed by atoms with E-state index in [1.165, 1.54) is 6.08 Å². The number of aromatic amines is 1. The maximum absolute atomic E-state index is 12.0. The first-order chi connectivity index (χ1) is 13.2. The van der Waals surface area contributed by atoms with Gasteiger partial charge in [-0.1, -0.05) is 36.9 Å². The van der Waals surface area contributed by atoms with Gasteiger partial charge in [0.1, 0.15) is 24.8 Å². The second-order valence-electron chi connectivity index (χ2n) is 5.70. The number of hydrogen-bond donors (Lipinski definition) is 2. The van der Waals surface area contributed by atoms with E-state index in [9.17, 15) is 9.59 Å². The summed E-state index contributed by atoms with van der Waals surface area (Å²) < 4.78 is 10.5. The van der Waals surface area contributed by atoms with Crippen LogP contribution in [0, 0.1) is 0 Å². The topological polar surface area (TPSA) is 93.3 Å². The van der Waals surface area contributed by atoms with Crippen LogP contribution < -0.4 is 10.1 Å². The van der Waals surface area contributed by atoms with Crippen LogP contribution in [0.2, 0.25) is 0 Å². The first kappa shape index (κ1) is 18.2. The smallest absolute Gasteiger partial charge is 0.407 e. The van der Waals surface area contributed by atoms with Crippen molar-refractivity contribution in [2.75, 3.05) is 19.8 Å². The van der Waals surface area contributed by atoms with Crippen molar-refractivity contribution in [2.45, 2.75) is 0 Å². The standard InChI is InChI=1S/C20H19N3O4/c1-2-9-26-20(25)23-12-16(24)13-27-18-11-15-6-4-3-5-14(15)10-17(18)19-21-7-8-22-19/h2-8,10-11H,1,9,12-13H2,(H,21,22)(H,23,25). The molecule has 0 atom stereocenters. The Morgan fingerprint density at radius 2 is 2.00 bits per heavy atom. The molecule has 0 aliphatic heterocycles. The average Bonchev–Trinajstić information content (AvgIpc) is 3.23. The van der Waals surface area contributed by atoms with Crippen LogP contribution in [0.3, 0.4) is 0 Å². The molecular formula is C20H19N3O4. The third-order valence-electron chi connectivity index (χ3n) is 3.75. The van der Waals surface area contributed by atoms with E-state index in [4.69, 9.17) is 9.47 Å². The summed E-state index contributed by atoms with van der Waals surface area (Å²) in [5.41, 5.74) is 0.754. The van der Waals surface area contributed by atoms with Gasteiger partial charge in [0.2, 0.25) is 0 Å². The number of carbonyl (C=O) groups excluding carboxylic acids is 2. The lowest BCUT2D eigenvalue weighted by molar-refractivity contribution is -0.120. The van der Waals surface area contributed by atoms with E-state index in [1.807, 2.05) is 36.4 Å². The molecule has 0 bridgehead atoms. The van der Waals surface area contributed by atoms with Crippen LogP contribution in [0.15, 0.2) is 61.4 Å². The number of nitrogens with one attached hydrogen (secondary N) is 2. The molecule has 0 saturated heterocycles. The van der Waals surface area contributed by atoms with Crippen LogP contribution in [-0.2, 0) is 9.53 Å². The molecule has 2 aromatic carbocycles. The van der Waals surface area contributed by atoms with Crippen molar-refractivity contribution in [2.24, 2.45) is 0 Å². The molecule has 0 saturated carbocycles. The van der Waals surface area contributed by atoms with Gasteiger partial charge < -0.3 is 19.8 Å². The SMILES string of the molecule is C=CCOC(=O)NCC(=O)COc1cc2ccccc2cc1-c1ncc[nH]1. The molecule has 0 spiro atoms. The van der Waals surface area contributed by atoms with Crippen LogP contribution in [0.5, 0.6) is 5.75 Å². The molecule has 0 aliphatic rings. The minimum Gasteiger partial charge on any atom is -0.485 e. The van der Waals surface area contributed by atoms with E-state index in [-0.39, 0.29) is 25.5 Å². The molecule has 1 heterocycles. The molecule has 3 aromatic rings. The first-order valence-electron chi connectivity index (χ1n) is 8.36. The number of ketones is 1. The highest BCUT2D eigenvalue weighted by Gasteiger charge is 2.13. The second-order valence-corrected chi connectivity index (χ2v) is 5.70. The number of rotatable bonds is 8. The third kappa shape index (κ3) is 4.72. The second kappa shape index (κ2) is 8.66. The van der Waals surface area contributed by atoms with E-state index in [0.717, 1.165) is 16.3 Å². The number of benzene rings is 2. The fourth-order valence-electron chi connectivity index (χ4n) is 2.50. The summed E-state index contributed by atoms with van der Waals surface area (Å²) in [4.78, 5) is 30.7. The number of aromatic nitrogens is 2. The van der Waals surface area contributed by atoms with Gasteiger partial charge >= 0.3 is 6.09 Å². The quantitative estimate of drug-likeness (QED) is 0.598. The van der Waals surface area contributed by atoms with Crippen molar-refractivity contribution in [3.8, 4) is 17.1 Å². The molecule has 1 aromatic heterocycles. The van der Waals surface area contributed by atoms with Crippen molar-refractivity contribution in [3.63, 3.8) is 0 Å². The zero-order chi connectivity index (χ0) is 19.1. The highest BCUT2D eigenvalue weighted by molar-refractivity contribution is 5.90. The van der Waals surface area contributed by atoms with Gasteiger partial charge in [0.25, 0.3) is 0 Å². The molecule has 7 nitrogen and oxygen atoms in total. The van der Waals surface area contributed by atoms with E-state index in [2.05, 4.69) is 21.9 Å². The number of amides is 1. The molecule has 0 fully saturated rings. The Morgan fingerprint density at radius 3 is 2.70 bits per heavy atom. The minimum atomic E-state index is -0.676. The molecule has 27 heavy (non-hydrogen) atoms. The lowest BCUT2D eigenvalue weighted by atomic mass is 10.1. The number of nitrogens with zero attached hydrogens (tertiary/aromatic N) is 1. The largest absolute Gasteiger partial charge is 0.485 e. The number of imidazole rings is 1. The Morgan fingerprint density at radius 1 is 1.22 bits per heavy atom. The molecule has 138 valence electrons. The Bertz CT molecular complexity index is 951. The van der Waals surface area contributed by atoms with Gasteiger partial charge in [0.15, 0.2) is 5.78 Å². The first-order valence-corrected chi connectivity index (χ1v) is 8.36. The number of Topliss-reactive ketones (excluding diaryl/α,β-unsaturated/α-hetero) is 1. The summed E-state index contributed by atoms with van der Waals surface area (Å²) in [6, 6.07) is 11.7. The predicted molar refractivity (Wildman–Crippen MR) is 102 cm³/mol. The fourth-order valence-corrected chi connectivity index (χ4v) is 2.50. The Hall–Kier alpha value is -3.61. The zero-order valence-corrected chi connectivity index (χ0v) is 14.6. The number of carbonyl (C=O) groups is 2. The van der Waals surface area contributed by atoms with Crippen LogP contribution in [0.25, 0.3) is 22.2 Å². The molecule has 7 heteroatoms. The highest BCUT2D eigenvalue weighted by atomic mass is 16.5. The number of ether oxygens (including phenoxy) is 2. The zero-order valence-electron chi connectivity index (χ0n) is 14.6. The maximum Gasteiger partial charge on any atom is 0.407 e. The van der Waals surface area contributed by atoms with Crippen molar-refractivity contribution >= 4 is 22.6 Å². The van der Waals surface area contributed by atoms with E-state index in [1.54, 1.807) is 12.4 Å². The molecule has 0 radical (unpaired) electrons. The van der Waals surface area contributed by atoms with E-state index in [0.29, 0.717) is 11.6 Å². The van der Waals surface area contributed by atoms with E-state index < -0.39 is 6.09 Å². The van der Waals surface area contributed by atoms with Gasteiger partial charge in [-0.3, -0.25) is 4.79 Å². The van der Waals surface area contributed by atoms with Crippen molar-refractivity contribution < 1.29 is 19.1 Å². The van der Waals surface area contributed by atoms with Gasteiger partial charge in [-0.15, -0.1) is 0 Å². The number of hydrogen-bond acceptors (Lipinski definition) is 5. The lowest BCUT2D eigenvalue weighted by Crippen LogP contribution is -2.32. The molecule has 3 rings (SSSR count). The number of alkyl carbamates (subject to hydrolysis) is 1. The summed E-state index contributed by atoms with van der Waals surface area (Å²) in [7, 11) is 0. The van der Waals surface area contributed by atoms with Gasteiger partial charge in [-0.05, 0) is 22.9 Å². The van der Waals surface area contributed by atoms with Gasteiger partial charge in [-0.25, -0.2) is 9.78 Å². The summed E-state index contributed by atoms with van der Waals surface area (Å²) >= 11 is 0. The molecule has 2 N–H and O–H groups in total. The predicted octanol–water partition coefficient (Wildman–Crippen LogP) is 3.09. The van der Waals surface area contributed by atoms with Crippen LogP contribution in [-0.4, -0.2) is 41.6 Å². The average molecular weight is 365 g/mol. The minimum absolute atomic E-state index is 0.0835. The highest BCUT2D eigenvalue weighted by Crippen LogP contribution is 2.32. The molecule has 0 aliphatic carbocycles.